The van der Waals surface area contributed by atoms with Crippen molar-refractivity contribution in [2.24, 2.45) is 0 Å². The normalized spacial score (nSPS) is 10.9. The minimum Gasteiger partial charge on any atom is -0.504 e. The molecule has 0 spiro atoms. The SMILES string of the molecule is N#C/C(=C/c1ccc(O)c(O)c1)c1ccc([N+](=O)[O-])cc1. The molecule has 104 valence electrons. The van der Waals surface area contributed by atoms with Gasteiger partial charge in [-0.3, -0.25) is 10.1 Å². The fraction of sp³-hybridized carbons (Fsp3) is 0. The molecule has 0 saturated heterocycles. The van der Waals surface area contributed by atoms with E-state index in [2.05, 4.69) is 0 Å². The molecular formula is C15H10N2O4. The number of phenols is 2. The molecule has 2 aromatic carbocycles. The van der Waals surface area contributed by atoms with E-state index in [1.165, 1.54) is 48.5 Å². The monoisotopic (exact) mass is 282 g/mol. The molecule has 6 heteroatoms. The summed E-state index contributed by atoms with van der Waals surface area (Å²) < 4.78 is 0. The number of rotatable bonds is 3. The van der Waals surface area contributed by atoms with Crippen LogP contribution in [0.15, 0.2) is 42.5 Å². The van der Waals surface area contributed by atoms with Crippen LogP contribution >= 0.6 is 0 Å². The molecule has 0 aliphatic heterocycles. The minimum atomic E-state index is -0.516. The lowest BCUT2D eigenvalue weighted by atomic mass is 10.0. The average Bonchev–Trinajstić information content (AvgIpc) is 2.48. The second kappa shape index (κ2) is 5.75. The summed E-state index contributed by atoms with van der Waals surface area (Å²) in [7, 11) is 0. The Hall–Kier alpha value is -3.33. The Morgan fingerprint density at radius 3 is 2.33 bits per heavy atom. The van der Waals surface area contributed by atoms with Crippen LogP contribution in [0.3, 0.4) is 0 Å². The van der Waals surface area contributed by atoms with Gasteiger partial charge >= 0.3 is 0 Å². The highest BCUT2D eigenvalue weighted by atomic mass is 16.6. The van der Waals surface area contributed by atoms with Gasteiger partial charge in [0.15, 0.2) is 11.5 Å². The molecule has 0 amide bonds. The summed E-state index contributed by atoms with van der Waals surface area (Å²) >= 11 is 0. The van der Waals surface area contributed by atoms with Crippen LogP contribution in [0.4, 0.5) is 5.69 Å². The number of aromatic hydroxyl groups is 2. The summed E-state index contributed by atoms with van der Waals surface area (Å²) in [5.41, 5.74) is 1.28. The Kier molecular flexibility index (Phi) is 3.86. The number of nitrogens with zero attached hydrogens (tertiary/aromatic N) is 2. The average molecular weight is 282 g/mol. The third kappa shape index (κ3) is 3.16. The zero-order valence-electron chi connectivity index (χ0n) is 10.7. The molecule has 0 heterocycles. The van der Waals surface area contributed by atoms with Crippen molar-refractivity contribution in [2.75, 3.05) is 0 Å². The van der Waals surface area contributed by atoms with Crippen LogP contribution in [0, 0.1) is 21.4 Å². The van der Waals surface area contributed by atoms with Crippen molar-refractivity contribution in [3.8, 4) is 17.6 Å². The van der Waals surface area contributed by atoms with Gasteiger partial charge in [0, 0.05) is 12.1 Å². The molecule has 0 radical (unpaired) electrons. The number of phenolic OH excluding ortho intramolecular Hbond substituents is 2. The lowest BCUT2D eigenvalue weighted by Crippen LogP contribution is -1.88. The predicted molar refractivity (Wildman–Crippen MR) is 76.4 cm³/mol. The van der Waals surface area contributed by atoms with Gasteiger partial charge in [0.25, 0.3) is 5.69 Å². The van der Waals surface area contributed by atoms with Crippen molar-refractivity contribution in [1.29, 1.82) is 5.26 Å². The number of hydrogen-bond donors (Lipinski definition) is 2. The zero-order valence-corrected chi connectivity index (χ0v) is 10.7. The van der Waals surface area contributed by atoms with Gasteiger partial charge in [-0.2, -0.15) is 5.26 Å². The van der Waals surface area contributed by atoms with Gasteiger partial charge in [-0.1, -0.05) is 6.07 Å². The molecule has 2 N–H and O–H groups in total. The molecule has 21 heavy (non-hydrogen) atoms. The highest BCUT2D eigenvalue weighted by molar-refractivity contribution is 5.90. The van der Waals surface area contributed by atoms with Gasteiger partial charge in [0.05, 0.1) is 16.6 Å². The summed E-state index contributed by atoms with van der Waals surface area (Å²) in [6, 6.07) is 11.8. The number of nitro benzene ring substituents is 1. The van der Waals surface area contributed by atoms with Crippen LogP contribution in [0.2, 0.25) is 0 Å². The molecule has 2 aromatic rings. The molecule has 0 bridgehead atoms. The highest BCUT2D eigenvalue weighted by Crippen LogP contribution is 2.27. The van der Waals surface area contributed by atoms with Crippen molar-refractivity contribution in [1.82, 2.24) is 0 Å². The second-order valence-electron chi connectivity index (χ2n) is 4.22. The maximum absolute atomic E-state index is 10.6. The minimum absolute atomic E-state index is 0.0571. The Labute approximate surface area is 120 Å². The topological polar surface area (TPSA) is 107 Å². The molecule has 0 aliphatic rings. The number of hydrogen-bond acceptors (Lipinski definition) is 5. The Morgan fingerprint density at radius 1 is 1.14 bits per heavy atom. The summed E-state index contributed by atoms with van der Waals surface area (Å²) in [6.07, 6.45) is 1.51. The summed E-state index contributed by atoms with van der Waals surface area (Å²) in [4.78, 5) is 10.1. The first-order chi connectivity index (χ1) is 10.0. The van der Waals surface area contributed by atoms with E-state index in [1.807, 2.05) is 6.07 Å². The first-order valence-corrected chi connectivity index (χ1v) is 5.90. The van der Waals surface area contributed by atoms with Gasteiger partial charge in [0.1, 0.15) is 0 Å². The fourth-order valence-corrected chi connectivity index (χ4v) is 1.74. The number of nitro groups is 1. The molecule has 0 fully saturated rings. The molecule has 6 nitrogen and oxygen atoms in total. The van der Waals surface area contributed by atoms with E-state index in [0.717, 1.165) is 0 Å². The Bertz CT molecular complexity index is 758. The lowest BCUT2D eigenvalue weighted by molar-refractivity contribution is -0.384. The van der Waals surface area contributed by atoms with Crippen LogP contribution in [-0.2, 0) is 0 Å². The molecule has 0 aliphatic carbocycles. The molecule has 0 atom stereocenters. The summed E-state index contributed by atoms with van der Waals surface area (Å²) in [6.45, 7) is 0. The number of benzene rings is 2. The van der Waals surface area contributed by atoms with E-state index in [9.17, 15) is 25.6 Å². The standard InChI is InChI=1S/C15H10N2O4/c16-9-12(7-10-1-6-14(18)15(19)8-10)11-2-4-13(5-3-11)17(20)21/h1-8,18-19H/b12-7-. The quantitative estimate of drug-likeness (QED) is 0.296. The van der Waals surface area contributed by atoms with E-state index < -0.39 is 4.92 Å². The van der Waals surface area contributed by atoms with E-state index in [1.54, 1.807) is 0 Å². The predicted octanol–water partition coefficient (Wildman–Crippen LogP) is 3.07. The highest BCUT2D eigenvalue weighted by Gasteiger charge is 2.07. The number of nitriles is 1. The number of non-ortho nitro benzene ring substituents is 1. The summed E-state index contributed by atoms with van der Waals surface area (Å²) in [5.74, 6) is -0.536. The van der Waals surface area contributed by atoms with Crippen molar-refractivity contribution in [3.63, 3.8) is 0 Å². The molecular weight excluding hydrogens is 272 g/mol. The largest absolute Gasteiger partial charge is 0.504 e. The van der Waals surface area contributed by atoms with Gasteiger partial charge in [-0.25, -0.2) is 0 Å². The van der Waals surface area contributed by atoms with E-state index >= 15 is 0 Å². The molecule has 0 saturated carbocycles. The van der Waals surface area contributed by atoms with Crippen molar-refractivity contribution in [2.45, 2.75) is 0 Å². The van der Waals surface area contributed by atoms with Crippen LogP contribution in [0.1, 0.15) is 11.1 Å². The van der Waals surface area contributed by atoms with Crippen molar-refractivity contribution < 1.29 is 15.1 Å². The van der Waals surface area contributed by atoms with E-state index in [0.29, 0.717) is 11.1 Å². The first kappa shape index (κ1) is 14.1. The Morgan fingerprint density at radius 2 is 1.81 bits per heavy atom. The number of allylic oxidation sites excluding steroid dienone is 1. The van der Waals surface area contributed by atoms with Gasteiger partial charge in [-0.05, 0) is 41.5 Å². The summed E-state index contributed by atoms with van der Waals surface area (Å²) in [5, 5.41) is 38.4. The van der Waals surface area contributed by atoms with Gasteiger partial charge in [-0.15, -0.1) is 0 Å². The van der Waals surface area contributed by atoms with Crippen LogP contribution in [-0.4, -0.2) is 15.1 Å². The zero-order chi connectivity index (χ0) is 15.4. The molecule has 2 rings (SSSR count). The van der Waals surface area contributed by atoms with Gasteiger partial charge < -0.3 is 10.2 Å². The second-order valence-corrected chi connectivity index (χ2v) is 4.22. The first-order valence-electron chi connectivity index (χ1n) is 5.90. The lowest BCUT2D eigenvalue weighted by Gasteiger charge is -2.02. The molecule has 0 unspecified atom stereocenters. The van der Waals surface area contributed by atoms with E-state index in [4.69, 9.17) is 0 Å². The van der Waals surface area contributed by atoms with Crippen LogP contribution in [0.5, 0.6) is 11.5 Å². The van der Waals surface area contributed by atoms with Crippen LogP contribution in [0.25, 0.3) is 11.6 Å². The fourth-order valence-electron chi connectivity index (χ4n) is 1.74. The van der Waals surface area contributed by atoms with Crippen molar-refractivity contribution >= 4 is 17.3 Å². The van der Waals surface area contributed by atoms with Crippen molar-refractivity contribution in [3.05, 3.63) is 63.7 Å². The van der Waals surface area contributed by atoms with Gasteiger partial charge in [0.2, 0.25) is 0 Å². The maximum Gasteiger partial charge on any atom is 0.269 e. The smallest absolute Gasteiger partial charge is 0.269 e. The molecule has 0 aromatic heterocycles. The van der Waals surface area contributed by atoms with Crippen LogP contribution < -0.4 is 0 Å². The third-order valence-corrected chi connectivity index (χ3v) is 2.82. The third-order valence-electron chi connectivity index (χ3n) is 2.82. The van der Waals surface area contributed by atoms with E-state index in [-0.39, 0.29) is 22.8 Å². The maximum atomic E-state index is 10.6. The Balaban J connectivity index is 2.39.